The number of alkyl carbamates (subject to hydrolysis) is 1. The molecule has 3 atom stereocenters. The summed E-state index contributed by atoms with van der Waals surface area (Å²) in [7, 11) is 1.16. The van der Waals surface area contributed by atoms with Crippen LogP contribution in [0, 0.1) is 5.92 Å². The van der Waals surface area contributed by atoms with E-state index < -0.39 is 36.7 Å². The number of esters is 1. The molecule has 1 aromatic rings. The highest BCUT2D eigenvalue weighted by atomic mass is 16.5. The lowest BCUT2D eigenvalue weighted by Crippen LogP contribution is -2.55. The number of hydrogen-bond donors (Lipinski definition) is 3. The molecule has 0 radical (unpaired) electrons. The van der Waals surface area contributed by atoms with Crippen LogP contribution in [0.5, 0.6) is 0 Å². The lowest BCUT2D eigenvalue weighted by atomic mass is 9.98. The van der Waals surface area contributed by atoms with Crippen LogP contribution in [0.3, 0.4) is 0 Å². The number of rotatable bonds is 9. The van der Waals surface area contributed by atoms with E-state index in [0.717, 1.165) is 12.7 Å². The van der Waals surface area contributed by atoms with Crippen molar-refractivity contribution in [2.24, 2.45) is 5.92 Å². The van der Waals surface area contributed by atoms with E-state index in [2.05, 4.69) is 15.4 Å². The summed E-state index contributed by atoms with van der Waals surface area (Å²) in [5.41, 5.74) is 0.818. The number of amides is 2. The van der Waals surface area contributed by atoms with Crippen molar-refractivity contribution in [3.05, 3.63) is 35.9 Å². The zero-order valence-electron chi connectivity index (χ0n) is 15.2. The molecule has 0 saturated carbocycles. The fourth-order valence-electron chi connectivity index (χ4n) is 2.18. The summed E-state index contributed by atoms with van der Waals surface area (Å²) >= 11 is 0. The zero-order chi connectivity index (χ0) is 19.5. The maximum Gasteiger partial charge on any atom is 0.408 e. The number of methoxy groups -OCH3 is 1. The number of aliphatic hydroxyl groups is 1. The van der Waals surface area contributed by atoms with Gasteiger partial charge in [-0.15, -0.1) is 0 Å². The molecular weight excluding hydrogens is 340 g/mol. The van der Waals surface area contributed by atoms with E-state index >= 15 is 0 Å². The molecule has 0 fully saturated rings. The zero-order valence-corrected chi connectivity index (χ0v) is 15.2. The molecule has 0 spiro atoms. The van der Waals surface area contributed by atoms with Gasteiger partial charge < -0.3 is 25.2 Å². The minimum absolute atomic E-state index is 0.0724. The quantitative estimate of drug-likeness (QED) is 0.561. The van der Waals surface area contributed by atoms with Crippen LogP contribution in [0.25, 0.3) is 0 Å². The number of hydrogen-bond acceptors (Lipinski definition) is 6. The molecule has 1 rings (SSSR count). The van der Waals surface area contributed by atoms with Crippen LogP contribution in [0.2, 0.25) is 0 Å². The molecule has 0 aromatic heterocycles. The van der Waals surface area contributed by atoms with Crippen LogP contribution >= 0.6 is 0 Å². The number of ether oxygens (including phenoxy) is 2. The van der Waals surface area contributed by atoms with Crippen LogP contribution in [-0.4, -0.2) is 48.9 Å². The molecule has 1 aromatic carbocycles. The predicted molar refractivity (Wildman–Crippen MR) is 94.0 cm³/mol. The number of aliphatic hydroxyl groups excluding tert-OH is 1. The van der Waals surface area contributed by atoms with Crippen LogP contribution in [-0.2, 0) is 25.7 Å². The largest absolute Gasteiger partial charge is 0.467 e. The van der Waals surface area contributed by atoms with Gasteiger partial charge in [0.1, 0.15) is 12.6 Å². The Labute approximate surface area is 152 Å². The van der Waals surface area contributed by atoms with Crippen molar-refractivity contribution in [2.75, 3.05) is 13.7 Å². The molecular formula is C18H26N2O6. The van der Waals surface area contributed by atoms with E-state index in [4.69, 9.17) is 4.74 Å². The minimum atomic E-state index is -1.19. The molecule has 0 aliphatic carbocycles. The van der Waals surface area contributed by atoms with Crippen molar-refractivity contribution in [1.82, 2.24) is 10.6 Å². The first kappa shape index (κ1) is 21.4. The summed E-state index contributed by atoms with van der Waals surface area (Å²) in [6, 6.07) is 7.03. The highest BCUT2D eigenvalue weighted by Crippen LogP contribution is 2.09. The second-order valence-corrected chi connectivity index (χ2v) is 5.84. The fourth-order valence-corrected chi connectivity index (χ4v) is 2.18. The Morgan fingerprint density at radius 3 is 2.35 bits per heavy atom. The van der Waals surface area contributed by atoms with Gasteiger partial charge in [0.15, 0.2) is 6.04 Å². The van der Waals surface area contributed by atoms with Gasteiger partial charge in [0.2, 0.25) is 5.91 Å². The van der Waals surface area contributed by atoms with E-state index in [9.17, 15) is 19.5 Å². The Morgan fingerprint density at radius 1 is 1.15 bits per heavy atom. The lowest BCUT2D eigenvalue weighted by molar-refractivity contribution is -0.146. The molecule has 0 aliphatic rings. The standard InChI is InChI=1S/C18H26N2O6/c1-4-12(2)15(16(22)19-14(10-21)17(23)25-3)20-18(24)26-11-13-8-6-5-7-9-13/h5-9,12,14-15,21H,4,10-11H2,1-3H3,(H,19,22)(H,20,24)/t12-,14+,15+/m1/s1. The van der Waals surface area contributed by atoms with E-state index in [1.807, 2.05) is 37.3 Å². The Balaban J connectivity index is 2.68. The van der Waals surface area contributed by atoms with Gasteiger partial charge in [-0.1, -0.05) is 50.6 Å². The first-order valence-electron chi connectivity index (χ1n) is 8.39. The Hall–Kier alpha value is -2.61. The number of carbonyl (C=O) groups is 3. The molecule has 8 heteroatoms. The lowest BCUT2D eigenvalue weighted by Gasteiger charge is -2.25. The van der Waals surface area contributed by atoms with E-state index in [1.165, 1.54) is 0 Å². The van der Waals surface area contributed by atoms with Crippen LogP contribution < -0.4 is 10.6 Å². The van der Waals surface area contributed by atoms with E-state index in [-0.39, 0.29) is 12.5 Å². The summed E-state index contributed by atoms with van der Waals surface area (Å²) in [4.78, 5) is 36.0. The SMILES string of the molecule is CC[C@@H](C)[C@H](NC(=O)OCc1ccccc1)C(=O)N[C@@H](CO)C(=O)OC. The molecule has 0 unspecified atom stereocenters. The minimum Gasteiger partial charge on any atom is -0.467 e. The summed E-state index contributed by atoms with van der Waals surface area (Å²) in [6.45, 7) is 3.12. The van der Waals surface area contributed by atoms with Gasteiger partial charge in [-0.3, -0.25) is 4.79 Å². The summed E-state index contributed by atoms with van der Waals surface area (Å²) in [5.74, 6) is -1.58. The summed E-state index contributed by atoms with van der Waals surface area (Å²) in [6.07, 6.45) is -0.132. The monoisotopic (exact) mass is 366 g/mol. The molecule has 0 bridgehead atoms. The average molecular weight is 366 g/mol. The first-order valence-corrected chi connectivity index (χ1v) is 8.39. The van der Waals surface area contributed by atoms with Crippen LogP contribution in [0.4, 0.5) is 4.79 Å². The van der Waals surface area contributed by atoms with Crippen molar-refractivity contribution in [3.63, 3.8) is 0 Å². The average Bonchev–Trinajstić information content (AvgIpc) is 2.67. The van der Waals surface area contributed by atoms with Gasteiger partial charge in [-0.2, -0.15) is 0 Å². The molecule has 3 N–H and O–H groups in total. The molecule has 0 saturated heterocycles. The number of nitrogens with one attached hydrogen (secondary N) is 2. The normalized spacial score (nSPS) is 13.8. The van der Waals surface area contributed by atoms with Crippen LogP contribution in [0.1, 0.15) is 25.8 Å². The van der Waals surface area contributed by atoms with Crippen molar-refractivity contribution in [1.29, 1.82) is 0 Å². The van der Waals surface area contributed by atoms with E-state index in [0.29, 0.717) is 6.42 Å². The molecule has 0 heterocycles. The smallest absolute Gasteiger partial charge is 0.408 e. The second-order valence-electron chi connectivity index (χ2n) is 5.84. The molecule has 0 aliphatic heterocycles. The maximum atomic E-state index is 12.4. The van der Waals surface area contributed by atoms with Gasteiger partial charge in [-0.05, 0) is 11.5 Å². The third-order valence-corrected chi connectivity index (χ3v) is 3.97. The predicted octanol–water partition coefficient (Wildman–Crippen LogP) is 0.978. The third kappa shape index (κ3) is 6.72. The first-order chi connectivity index (χ1) is 12.4. The van der Waals surface area contributed by atoms with Crippen molar-refractivity contribution < 1.29 is 29.0 Å². The molecule has 2 amide bonds. The molecule has 26 heavy (non-hydrogen) atoms. The summed E-state index contributed by atoms with van der Waals surface area (Å²) < 4.78 is 9.65. The van der Waals surface area contributed by atoms with Gasteiger partial charge in [0.25, 0.3) is 0 Å². The topological polar surface area (TPSA) is 114 Å². The number of benzene rings is 1. The Morgan fingerprint density at radius 2 is 1.81 bits per heavy atom. The second kappa shape index (κ2) is 11.1. The highest BCUT2D eigenvalue weighted by molar-refractivity contribution is 5.89. The van der Waals surface area contributed by atoms with Gasteiger partial charge in [-0.25, -0.2) is 9.59 Å². The maximum absolute atomic E-state index is 12.4. The van der Waals surface area contributed by atoms with Crippen molar-refractivity contribution in [2.45, 2.75) is 39.0 Å². The van der Waals surface area contributed by atoms with Crippen molar-refractivity contribution >= 4 is 18.0 Å². The fraction of sp³-hybridized carbons (Fsp3) is 0.500. The van der Waals surface area contributed by atoms with Gasteiger partial charge >= 0.3 is 12.1 Å². The number of carbonyl (C=O) groups excluding carboxylic acids is 3. The molecule has 8 nitrogen and oxygen atoms in total. The Bertz CT molecular complexity index is 593. The van der Waals surface area contributed by atoms with Crippen LogP contribution in [0.15, 0.2) is 30.3 Å². The van der Waals surface area contributed by atoms with Gasteiger partial charge in [0, 0.05) is 0 Å². The van der Waals surface area contributed by atoms with Crippen molar-refractivity contribution in [3.8, 4) is 0 Å². The molecule has 144 valence electrons. The third-order valence-electron chi connectivity index (χ3n) is 3.97. The highest BCUT2D eigenvalue weighted by Gasteiger charge is 2.30. The van der Waals surface area contributed by atoms with E-state index in [1.54, 1.807) is 6.92 Å². The Kier molecular flexibility index (Phi) is 9.14. The van der Waals surface area contributed by atoms with Gasteiger partial charge in [0.05, 0.1) is 13.7 Å². The summed E-state index contributed by atoms with van der Waals surface area (Å²) in [5, 5.41) is 14.1.